The second kappa shape index (κ2) is 1.61. The van der Waals surface area contributed by atoms with Crippen molar-refractivity contribution in [1.82, 2.24) is 0 Å². The first-order valence-electron chi connectivity index (χ1n) is 2.32. The maximum Gasteiger partial charge on any atom is 0.0966 e. The molecule has 0 bridgehead atoms. The summed E-state index contributed by atoms with van der Waals surface area (Å²) >= 11 is 0. The SMILES string of the molecule is CO[C]1CCC1. The average Bonchev–Trinajstić information content (AvgIpc) is 1.31. The van der Waals surface area contributed by atoms with Gasteiger partial charge in [-0.3, -0.25) is 0 Å². The molecule has 1 fully saturated rings. The van der Waals surface area contributed by atoms with Gasteiger partial charge in [-0.15, -0.1) is 0 Å². The smallest absolute Gasteiger partial charge is 0.0966 e. The number of ether oxygens (including phenoxy) is 1. The van der Waals surface area contributed by atoms with Gasteiger partial charge in [-0.05, 0) is 19.3 Å². The molecule has 0 heterocycles. The van der Waals surface area contributed by atoms with E-state index < -0.39 is 0 Å². The zero-order chi connectivity index (χ0) is 4.41. The molecule has 0 saturated heterocycles. The summed E-state index contributed by atoms with van der Waals surface area (Å²) in [4.78, 5) is 0. The molecule has 0 aromatic rings. The Bertz CT molecular complexity index is 36.4. The fourth-order valence-corrected chi connectivity index (χ4v) is 0.525. The summed E-state index contributed by atoms with van der Waals surface area (Å²) in [6.45, 7) is 0. The molecule has 1 nitrogen and oxygen atoms in total. The van der Waals surface area contributed by atoms with E-state index in [1.807, 2.05) is 0 Å². The zero-order valence-electron chi connectivity index (χ0n) is 4.03. The van der Waals surface area contributed by atoms with Crippen LogP contribution in [0.3, 0.4) is 0 Å². The van der Waals surface area contributed by atoms with Crippen LogP contribution in [0, 0.1) is 6.10 Å². The van der Waals surface area contributed by atoms with Gasteiger partial charge in [0.2, 0.25) is 0 Å². The summed E-state index contributed by atoms with van der Waals surface area (Å²) in [5.41, 5.74) is 0. The topological polar surface area (TPSA) is 9.23 Å². The predicted octanol–water partition coefficient (Wildman–Crippen LogP) is 1.35. The van der Waals surface area contributed by atoms with Crippen molar-refractivity contribution in [3.8, 4) is 0 Å². The fraction of sp³-hybridized carbons (Fsp3) is 0.800. The summed E-state index contributed by atoms with van der Waals surface area (Å²) in [5.74, 6) is 0. The van der Waals surface area contributed by atoms with Gasteiger partial charge < -0.3 is 4.74 Å². The third-order valence-corrected chi connectivity index (χ3v) is 1.20. The van der Waals surface area contributed by atoms with Crippen molar-refractivity contribution in [2.75, 3.05) is 7.11 Å². The van der Waals surface area contributed by atoms with Crippen molar-refractivity contribution in [3.05, 3.63) is 6.10 Å². The molecule has 0 N–H and O–H groups in total. The molecule has 0 amide bonds. The van der Waals surface area contributed by atoms with E-state index in [4.69, 9.17) is 4.74 Å². The van der Waals surface area contributed by atoms with Gasteiger partial charge in [0.15, 0.2) is 0 Å². The van der Waals surface area contributed by atoms with Gasteiger partial charge in [0.05, 0.1) is 6.10 Å². The van der Waals surface area contributed by atoms with E-state index in [1.165, 1.54) is 25.4 Å². The van der Waals surface area contributed by atoms with Crippen molar-refractivity contribution in [3.63, 3.8) is 0 Å². The minimum absolute atomic E-state index is 1.20. The molecule has 1 aliphatic rings. The van der Waals surface area contributed by atoms with Crippen LogP contribution in [0.1, 0.15) is 19.3 Å². The van der Waals surface area contributed by atoms with Crippen molar-refractivity contribution in [1.29, 1.82) is 0 Å². The van der Waals surface area contributed by atoms with E-state index in [0.29, 0.717) is 0 Å². The minimum Gasteiger partial charge on any atom is -0.375 e. The molecule has 1 aliphatic carbocycles. The van der Waals surface area contributed by atoms with Gasteiger partial charge in [-0.25, -0.2) is 0 Å². The summed E-state index contributed by atoms with van der Waals surface area (Å²) in [7, 11) is 1.74. The van der Waals surface area contributed by atoms with Gasteiger partial charge in [0.1, 0.15) is 0 Å². The van der Waals surface area contributed by atoms with Crippen molar-refractivity contribution < 1.29 is 4.74 Å². The van der Waals surface area contributed by atoms with Gasteiger partial charge in [-0.2, -0.15) is 0 Å². The van der Waals surface area contributed by atoms with Crippen LogP contribution in [0.15, 0.2) is 0 Å². The average molecular weight is 85.1 g/mol. The van der Waals surface area contributed by atoms with Crippen LogP contribution >= 0.6 is 0 Å². The highest BCUT2D eigenvalue weighted by molar-refractivity contribution is 4.87. The Morgan fingerprint density at radius 2 is 2.17 bits per heavy atom. The highest BCUT2D eigenvalue weighted by atomic mass is 16.5. The van der Waals surface area contributed by atoms with E-state index in [0.717, 1.165) is 0 Å². The monoisotopic (exact) mass is 85.1 g/mol. The second-order valence-corrected chi connectivity index (χ2v) is 1.60. The summed E-state index contributed by atoms with van der Waals surface area (Å²) < 4.78 is 4.90. The Labute approximate surface area is 38.3 Å². The molecule has 1 saturated carbocycles. The molecule has 0 aromatic heterocycles. The van der Waals surface area contributed by atoms with Gasteiger partial charge >= 0.3 is 0 Å². The van der Waals surface area contributed by atoms with E-state index in [-0.39, 0.29) is 0 Å². The Kier molecular flexibility index (Phi) is 1.10. The molecule has 0 aliphatic heterocycles. The number of rotatable bonds is 1. The molecule has 1 heteroatoms. The first-order valence-corrected chi connectivity index (χ1v) is 2.32. The Balaban J connectivity index is 2.01. The summed E-state index contributed by atoms with van der Waals surface area (Å²) in [6.07, 6.45) is 5.02. The zero-order valence-corrected chi connectivity index (χ0v) is 4.03. The third-order valence-electron chi connectivity index (χ3n) is 1.20. The molecular formula is C5H9O. The Morgan fingerprint density at radius 1 is 1.50 bits per heavy atom. The lowest BCUT2D eigenvalue weighted by molar-refractivity contribution is 0.142. The Hall–Kier alpha value is -0.0400. The van der Waals surface area contributed by atoms with Gasteiger partial charge in [-0.1, -0.05) is 0 Å². The molecule has 0 unspecified atom stereocenters. The molecule has 35 valence electrons. The molecule has 1 rings (SSSR count). The fourth-order valence-electron chi connectivity index (χ4n) is 0.525. The normalized spacial score (nSPS) is 23.5. The number of hydrogen-bond donors (Lipinski definition) is 0. The lowest BCUT2D eigenvalue weighted by Crippen LogP contribution is -2.09. The van der Waals surface area contributed by atoms with E-state index in [1.54, 1.807) is 7.11 Å². The standard InChI is InChI=1S/C5H9O/c1-6-5-3-2-4-5/h2-4H2,1H3. The molecule has 0 atom stereocenters. The van der Waals surface area contributed by atoms with Crippen molar-refractivity contribution >= 4 is 0 Å². The lowest BCUT2D eigenvalue weighted by Gasteiger charge is -2.21. The summed E-state index contributed by atoms with van der Waals surface area (Å²) in [5, 5.41) is 0. The van der Waals surface area contributed by atoms with Crippen LogP contribution < -0.4 is 0 Å². The second-order valence-electron chi connectivity index (χ2n) is 1.60. The lowest BCUT2D eigenvalue weighted by atomic mass is 9.96. The number of methoxy groups -OCH3 is 1. The molecular weight excluding hydrogens is 76.1 g/mol. The van der Waals surface area contributed by atoms with Crippen LogP contribution in [0.2, 0.25) is 0 Å². The van der Waals surface area contributed by atoms with Crippen molar-refractivity contribution in [2.24, 2.45) is 0 Å². The van der Waals surface area contributed by atoms with Crippen LogP contribution in [-0.4, -0.2) is 7.11 Å². The van der Waals surface area contributed by atoms with Crippen LogP contribution in [0.4, 0.5) is 0 Å². The van der Waals surface area contributed by atoms with Crippen LogP contribution in [0.5, 0.6) is 0 Å². The van der Waals surface area contributed by atoms with E-state index in [9.17, 15) is 0 Å². The quantitative estimate of drug-likeness (QED) is 0.467. The number of hydrogen-bond acceptors (Lipinski definition) is 1. The largest absolute Gasteiger partial charge is 0.375 e. The third kappa shape index (κ3) is 0.548. The molecule has 0 aromatic carbocycles. The minimum atomic E-state index is 1.20. The predicted molar refractivity (Wildman–Crippen MR) is 24.1 cm³/mol. The van der Waals surface area contributed by atoms with Crippen LogP contribution in [0.25, 0.3) is 0 Å². The van der Waals surface area contributed by atoms with E-state index >= 15 is 0 Å². The molecule has 0 spiro atoms. The van der Waals surface area contributed by atoms with Crippen molar-refractivity contribution in [2.45, 2.75) is 19.3 Å². The Morgan fingerprint density at radius 3 is 2.17 bits per heavy atom. The summed E-state index contributed by atoms with van der Waals surface area (Å²) in [6, 6.07) is 0. The first kappa shape index (κ1) is 4.13. The van der Waals surface area contributed by atoms with Gasteiger partial charge in [0, 0.05) is 7.11 Å². The first-order chi connectivity index (χ1) is 2.93. The van der Waals surface area contributed by atoms with Gasteiger partial charge in [0.25, 0.3) is 0 Å². The highest BCUT2D eigenvalue weighted by Crippen LogP contribution is 2.28. The molecule has 6 heavy (non-hydrogen) atoms. The maximum absolute atomic E-state index is 4.90. The highest BCUT2D eigenvalue weighted by Gasteiger charge is 2.16. The van der Waals surface area contributed by atoms with E-state index in [2.05, 4.69) is 0 Å². The maximum atomic E-state index is 4.90. The molecule has 1 radical (unpaired) electrons. The van der Waals surface area contributed by atoms with Crippen LogP contribution in [-0.2, 0) is 4.74 Å².